The number of carbonyl (C=O) groups is 2. The van der Waals surface area contributed by atoms with Crippen LogP contribution in [0.4, 0.5) is 0 Å². The van der Waals surface area contributed by atoms with Gasteiger partial charge in [-0.05, 0) is 61.3 Å². The van der Waals surface area contributed by atoms with Gasteiger partial charge >= 0.3 is 0 Å². The Morgan fingerprint density at radius 1 is 1.12 bits per heavy atom. The molecule has 182 valence electrons. The molecule has 0 spiro atoms. The quantitative estimate of drug-likeness (QED) is 0.615. The molecule has 2 aliphatic rings. The smallest absolute Gasteiger partial charge is 0.254 e. The molecule has 2 atom stereocenters. The monoisotopic (exact) mass is 465 g/mol. The largest absolute Gasteiger partial charge is 0.493 e. The van der Waals surface area contributed by atoms with Crippen molar-refractivity contribution in [2.75, 3.05) is 47.4 Å². The van der Waals surface area contributed by atoms with Crippen LogP contribution in [0.15, 0.2) is 36.4 Å². The van der Waals surface area contributed by atoms with Crippen molar-refractivity contribution in [3.8, 4) is 11.5 Å². The van der Waals surface area contributed by atoms with Crippen molar-refractivity contribution in [3.05, 3.63) is 58.7 Å². The molecule has 7 heteroatoms. The van der Waals surface area contributed by atoms with Gasteiger partial charge in [-0.25, -0.2) is 0 Å². The summed E-state index contributed by atoms with van der Waals surface area (Å²) >= 11 is 0. The van der Waals surface area contributed by atoms with Gasteiger partial charge in [0.15, 0.2) is 11.5 Å². The number of hydrogen-bond acceptors (Lipinski definition) is 5. The molecule has 2 heterocycles. The Labute approximate surface area is 202 Å². The minimum Gasteiger partial charge on any atom is -0.493 e. The Morgan fingerprint density at radius 2 is 1.85 bits per heavy atom. The van der Waals surface area contributed by atoms with Crippen LogP contribution in [0.5, 0.6) is 11.5 Å². The van der Waals surface area contributed by atoms with Crippen molar-refractivity contribution in [2.24, 2.45) is 0 Å². The molecule has 0 saturated carbocycles. The molecule has 0 bridgehead atoms. The molecule has 0 aromatic heterocycles. The summed E-state index contributed by atoms with van der Waals surface area (Å²) in [6.45, 7) is 5.10. The lowest BCUT2D eigenvalue weighted by atomic mass is 9.75. The predicted octanol–water partition coefficient (Wildman–Crippen LogP) is 3.39. The van der Waals surface area contributed by atoms with E-state index in [1.807, 2.05) is 41.3 Å². The van der Waals surface area contributed by atoms with Crippen molar-refractivity contribution in [2.45, 2.75) is 38.1 Å². The van der Waals surface area contributed by atoms with Gasteiger partial charge in [0.25, 0.3) is 5.91 Å². The van der Waals surface area contributed by atoms with E-state index in [1.54, 1.807) is 14.2 Å². The first kappa shape index (κ1) is 24.1. The van der Waals surface area contributed by atoms with E-state index in [0.29, 0.717) is 36.6 Å². The van der Waals surface area contributed by atoms with Crippen LogP contribution in [-0.2, 0) is 11.2 Å². The molecule has 1 N–H and O–H groups in total. The van der Waals surface area contributed by atoms with Gasteiger partial charge in [-0.2, -0.15) is 0 Å². The van der Waals surface area contributed by atoms with Gasteiger partial charge in [0.05, 0.1) is 26.2 Å². The highest BCUT2D eigenvalue weighted by Gasteiger charge is 2.46. The van der Waals surface area contributed by atoms with Crippen LogP contribution < -0.4 is 14.8 Å². The molecule has 0 fully saturated rings. The number of amides is 2. The van der Waals surface area contributed by atoms with Gasteiger partial charge in [0, 0.05) is 25.2 Å². The first-order valence-corrected chi connectivity index (χ1v) is 12.1. The number of methoxy groups -OCH3 is 2. The maximum absolute atomic E-state index is 13.7. The number of carbonyl (C=O) groups excluding carboxylic acids is 2. The van der Waals surface area contributed by atoms with E-state index >= 15 is 0 Å². The topological polar surface area (TPSA) is 71.1 Å². The molecule has 0 unspecified atom stereocenters. The van der Waals surface area contributed by atoms with E-state index in [-0.39, 0.29) is 17.9 Å². The molecule has 34 heavy (non-hydrogen) atoms. The SMILES string of the molecule is CCCCN(C)CCNC(=O)[C@@H]1c2ccccc2C(=O)N2CCc3cc(OC)c(OC)cc3[C@H]12. The fourth-order valence-electron chi connectivity index (χ4n) is 5.16. The van der Waals surface area contributed by atoms with Crippen LogP contribution in [0.3, 0.4) is 0 Å². The summed E-state index contributed by atoms with van der Waals surface area (Å²) in [6.07, 6.45) is 2.99. The molecule has 7 nitrogen and oxygen atoms in total. The van der Waals surface area contributed by atoms with Gasteiger partial charge in [-0.15, -0.1) is 0 Å². The molecule has 4 rings (SSSR count). The fraction of sp³-hybridized carbons (Fsp3) is 0.481. The normalized spacial score (nSPS) is 18.7. The van der Waals surface area contributed by atoms with E-state index in [2.05, 4.69) is 24.2 Å². The molecule has 0 saturated heterocycles. The molecule has 2 aliphatic heterocycles. The lowest BCUT2D eigenvalue weighted by Gasteiger charge is -2.45. The highest BCUT2D eigenvalue weighted by atomic mass is 16.5. The van der Waals surface area contributed by atoms with E-state index in [1.165, 1.54) is 0 Å². The number of likely N-dealkylation sites (N-methyl/N-ethyl adjacent to an activating group) is 1. The predicted molar refractivity (Wildman–Crippen MR) is 132 cm³/mol. The third-order valence-corrected chi connectivity index (χ3v) is 6.99. The summed E-state index contributed by atoms with van der Waals surface area (Å²) < 4.78 is 11.1. The Hall–Kier alpha value is -3.06. The summed E-state index contributed by atoms with van der Waals surface area (Å²) in [7, 11) is 5.30. The van der Waals surface area contributed by atoms with Crippen LogP contribution in [0.25, 0.3) is 0 Å². The van der Waals surface area contributed by atoms with E-state index in [9.17, 15) is 9.59 Å². The number of fused-ring (bicyclic) bond motifs is 4. The molecule has 2 aromatic rings. The summed E-state index contributed by atoms with van der Waals surface area (Å²) in [6, 6.07) is 11.0. The lowest BCUT2D eigenvalue weighted by molar-refractivity contribution is -0.124. The lowest BCUT2D eigenvalue weighted by Crippen LogP contribution is -2.50. The zero-order valence-corrected chi connectivity index (χ0v) is 20.6. The number of nitrogens with zero attached hydrogens (tertiary/aromatic N) is 2. The maximum Gasteiger partial charge on any atom is 0.254 e. The van der Waals surface area contributed by atoms with Gasteiger partial charge in [0.1, 0.15) is 0 Å². The Balaban J connectivity index is 1.69. The second-order valence-corrected chi connectivity index (χ2v) is 9.11. The zero-order chi connectivity index (χ0) is 24.2. The van der Waals surface area contributed by atoms with Gasteiger partial charge in [-0.3, -0.25) is 9.59 Å². The van der Waals surface area contributed by atoms with Crippen LogP contribution in [-0.4, -0.2) is 69.1 Å². The number of benzene rings is 2. The standard InChI is InChI=1S/C27H35N3O4/c1-5-6-13-29(2)15-12-28-26(31)24-19-9-7-8-10-20(19)27(32)30-14-11-18-16-22(33-3)23(34-4)17-21(18)25(24)30/h7-10,16-17,24-25H,5-6,11-15H2,1-4H3,(H,28,31)/t24-,25-/m1/s1. The van der Waals surface area contributed by atoms with Gasteiger partial charge in [-0.1, -0.05) is 31.5 Å². The van der Waals surface area contributed by atoms with Gasteiger partial charge in [0.2, 0.25) is 5.91 Å². The second-order valence-electron chi connectivity index (χ2n) is 9.11. The summed E-state index contributed by atoms with van der Waals surface area (Å²) in [4.78, 5) is 31.2. The van der Waals surface area contributed by atoms with E-state index in [4.69, 9.17) is 9.47 Å². The molecule has 2 amide bonds. The Morgan fingerprint density at radius 3 is 2.59 bits per heavy atom. The van der Waals surface area contributed by atoms with Crippen molar-refractivity contribution in [3.63, 3.8) is 0 Å². The average Bonchev–Trinajstić information content (AvgIpc) is 2.86. The second kappa shape index (κ2) is 10.5. The zero-order valence-electron chi connectivity index (χ0n) is 20.6. The van der Waals surface area contributed by atoms with Crippen LogP contribution in [0.2, 0.25) is 0 Å². The minimum atomic E-state index is -0.494. The van der Waals surface area contributed by atoms with Crippen molar-refractivity contribution in [1.82, 2.24) is 15.1 Å². The van der Waals surface area contributed by atoms with Crippen molar-refractivity contribution < 1.29 is 19.1 Å². The van der Waals surface area contributed by atoms with Crippen molar-refractivity contribution >= 4 is 11.8 Å². The van der Waals surface area contributed by atoms with Crippen LogP contribution >= 0.6 is 0 Å². The third-order valence-electron chi connectivity index (χ3n) is 6.99. The average molecular weight is 466 g/mol. The molecule has 2 aromatic carbocycles. The number of rotatable bonds is 9. The molecule has 0 aliphatic carbocycles. The van der Waals surface area contributed by atoms with Crippen molar-refractivity contribution in [1.29, 1.82) is 0 Å². The number of hydrogen-bond donors (Lipinski definition) is 1. The Kier molecular flexibility index (Phi) is 7.41. The van der Waals surface area contributed by atoms with Gasteiger partial charge < -0.3 is 24.6 Å². The molecular weight excluding hydrogens is 430 g/mol. The first-order chi connectivity index (χ1) is 16.5. The summed E-state index contributed by atoms with van der Waals surface area (Å²) in [5.41, 5.74) is 3.44. The van der Waals surface area contributed by atoms with Crippen LogP contribution in [0.1, 0.15) is 58.8 Å². The fourth-order valence-corrected chi connectivity index (χ4v) is 5.16. The number of ether oxygens (including phenoxy) is 2. The highest BCUT2D eigenvalue weighted by molar-refractivity contribution is 6.01. The molecule has 0 radical (unpaired) electrons. The summed E-state index contributed by atoms with van der Waals surface area (Å²) in [5, 5.41) is 3.16. The minimum absolute atomic E-state index is 0.0237. The van der Waals surface area contributed by atoms with Crippen LogP contribution in [0, 0.1) is 0 Å². The molecular formula is C27H35N3O4. The number of unbranched alkanes of at least 4 members (excludes halogenated alkanes) is 1. The number of nitrogens with one attached hydrogen (secondary N) is 1. The first-order valence-electron chi connectivity index (χ1n) is 12.1. The summed E-state index contributed by atoms with van der Waals surface area (Å²) in [5.74, 6) is 0.692. The third kappa shape index (κ3) is 4.49. The van der Waals surface area contributed by atoms with E-state index in [0.717, 1.165) is 42.6 Å². The van der Waals surface area contributed by atoms with E-state index < -0.39 is 5.92 Å². The maximum atomic E-state index is 13.7. The highest BCUT2D eigenvalue weighted by Crippen LogP contribution is 2.48. The Bertz CT molecular complexity index is 1050.